The van der Waals surface area contributed by atoms with Crippen molar-refractivity contribution in [1.82, 2.24) is 4.90 Å². The zero-order valence-electron chi connectivity index (χ0n) is 17.4. The summed E-state index contributed by atoms with van der Waals surface area (Å²) in [6.45, 7) is 4.55. The first-order valence-corrected chi connectivity index (χ1v) is 10.4. The van der Waals surface area contributed by atoms with Gasteiger partial charge in [-0.05, 0) is 62.4 Å². The number of methoxy groups -OCH3 is 1. The smallest absolute Gasteiger partial charge is 0.313 e. The fourth-order valence-electron chi connectivity index (χ4n) is 4.24. The van der Waals surface area contributed by atoms with Crippen LogP contribution >= 0.6 is 0 Å². The highest BCUT2D eigenvalue weighted by Crippen LogP contribution is 2.37. The number of piperidine rings is 1. The highest BCUT2D eigenvalue weighted by Gasteiger charge is 2.43. The van der Waals surface area contributed by atoms with Crippen LogP contribution in [0, 0.1) is 5.41 Å². The quantitative estimate of drug-likeness (QED) is 0.677. The van der Waals surface area contributed by atoms with Crippen LogP contribution in [0.2, 0.25) is 0 Å². The van der Waals surface area contributed by atoms with E-state index in [4.69, 9.17) is 9.47 Å². The van der Waals surface area contributed by atoms with E-state index in [9.17, 15) is 9.90 Å². The minimum absolute atomic E-state index is 0.0850. The van der Waals surface area contributed by atoms with Crippen LogP contribution in [-0.2, 0) is 22.5 Å². The molecule has 1 aliphatic rings. The first kappa shape index (κ1) is 21.2. The van der Waals surface area contributed by atoms with Gasteiger partial charge < -0.3 is 14.6 Å². The lowest BCUT2D eigenvalue weighted by Crippen LogP contribution is -2.48. The summed E-state index contributed by atoms with van der Waals surface area (Å²) in [5.41, 5.74) is 1.76. The van der Waals surface area contributed by atoms with Gasteiger partial charge >= 0.3 is 5.97 Å². The molecule has 0 aromatic heterocycles. The van der Waals surface area contributed by atoms with Crippen LogP contribution in [0.3, 0.4) is 0 Å². The molecule has 1 atom stereocenters. The van der Waals surface area contributed by atoms with Crippen LogP contribution in [0.1, 0.15) is 37.3 Å². The first-order chi connectivity index (χ1) is 14.1. The van der Waals surface area contributed by atoms with E-state index in [1.807, 2.05) is 31.2 Å². The molecule has 5 heteroatoms. The summed E-state index contributed by atoms with van der Waals surface area (Å²) in [7, 11) is 1.54. The van der Waals surface area contributed by atoms with Crippen molar-refractivity contribution in [2.24, 2.45) is 5.41 Å². The number of esters is 1. The average molecular weight is 398 g/mol. The summed E-state index contributed by atoms with van der Waals surface area (Å²) >= 11 is 0. The molecular formula is C24H31NO4. The van der Waals surface area contributed by atoms with Crippen LogP contribution in [0.25, 0.3) is 0 Å². The topological polar surface area (TPSA) is 59.0 Å². The van der Waals surface area contributed by atoms with Crippen LogP contribution in [0.4, 0.5) is 0 Å². The van der Waals surface area contributed by atoms with Crippen molar-refractivity contribution >= 4 is 5.97 Å². The lowest BCUT2D eigenvalue weighted by atomic mass is 9.75. The molecule has 1 aliphatic heterocycles. The van der Waals surface area contributed by atoms with Crippen LogP contribution in [0.15, 0.2) is 48.5 Å². The van der Waals surface area contributed by atoms with Gasteiger partial charge in [0.05, 0.1) is 19.1 Å². The third-order valence-corrected chi connectivity index (χ3v) is 5.75. The van der Waals surface area contributed by atoms with Gasteiger partial charge in [0.1, 0.15) is 0 Å². The summed E-state index contributed by atoms with van der Waals surface area (Å²) in [6.07, 6.45) is 3.44. The van der Waals surface area contributed by atoms with E-state index in [-0.39, 0.29) is 11.7 Å². The van der Waals surface area contributed by atoms with Crippen molar-refractivity contribution in [2.75, 3.05) is 26.8 Å². The van der Waals surface area contributed by atoms with Gasteiger partial charge in [0, 0.05) is 13.1 Å². The number of aryl methyl sites for hydroxylation is 1. The number of carbonyl (C=O) groups is 1. The first-order valence-electron chi connectivity index (χ1n) is 10.4. The second-order valence-electron chi connectivity index (χ2n) is 7.81. The molecule has 5 nitrogen and oxygen atoms in total. The Hall–Kier alpha value is -2.53. The highest BCUT2D eigenvalue weighted by atomic mass is 16.5. The number of hydrogen-bond acceptors (Lipinski definition) is 5. The second-order valence-corrected chi connectivity index (χ2v) is 7.81. The van der Waals surface area contributed by atoms with Crippen LogP contribution < -0.4 is 4.74 Å². The number of ether oxygens (including phenoxy) is 2. The molecule has 0 aliphatic carbocycles. The largest absolute Gasteiger partial charge is 0.504 e. The zero-order valence-corrected chi connectivity index (χ0v) is 17.4. The molecule has 1 saturated heterocycles. The Kier molecular flexibility index (Phi) is 7.15. The van der Waals surface area contributed by atoms with E-state index in [1.54, 1.807) is 19.2 Å². The summed E-state index contributed by atoms with van der Waals surface area (Å²) in [6, 6.07) is 15.8. The predicted octanol–water partition coefficient (Wildman–Crippen LogP) is 4.18. The number of carbonyl (C=O) groups excluding carboxylic acids is 1. The van der Waals surface area contributed by atoms with Crippen LogP contribution in [-0.4, -0.2) is 42.8 Å². The molecule has 0 radical (unpaired) electrons. The minimum atomic E-state index is -0.487. The second kappa shape index (κ2) is 9.79. The van der Waals surface area contributed by atoms with Gasteiger partial charge in [-0.25, -0.2) is 0 Å². The Bertz CT molecular complexity index is 808. The third kappa shape index (κ3) is 5.30. The molecule has 29 heavy (non-hydrogen) atoms. The summed E-state index contributed by atoms with van der Waals surface area (Å²) in [5, 5.41) is 10.1. The highest BCUT2D eigenvalue weighted by molar-refractivity contribution is 5.77. The molecule has 156 valence electrons. The predicted molar refractivity (Wildman–Crippen MR) is 113 cm³/mol. The maximum atomic E-state index is 13.0. The fourth-order valence-corrected chi connectivity index (χ4v) is 4.24. The molecule has 2 aromatic carbocycles. The van der Waals surface area contributed by atoms with Crippen molar-refractivity contribution in [1.29, 1.82) is 0 Å². The maximum Gasteiger partial charge on any atom is 0.313 e. The Morgan fingerprint density at radius 2 is 1.97 bits per heavy atom. The molecular weight excluding hydrogens is 366 g/mol. The number of aromatic hydroxyl groups is 1. The number of likely N-dealkylation sites (tertiary alicyclic amines) is 1. The molecule has 2 aromatic rings. The zero-order chi connectivity index (χ0) is 20.7. The summed E-state index contributed by atoms with van der Waals surface area (Å²) < 4.78 is 10.6. The van der Waals surface area contributed by atoms with Gasteiger partial charge in [-0.15, -0.1) is 0 Å². The molecule has 1 heterocycles. The summed E-state index contributed by atoms with van der Waals surface area (Å²) in [5.74, 6) is 0.525. The van der Waals surface area contributed by atoms with E-state index in [0.717, 1.165) is 37.8 Å². The van der Waals surface area contributed by atoms with Crippen molar-refractivity contribution in [2.45, 2.75) is 39.2 Å². The van der Waals surface area contributed by atoms with E-state index in [1.165, 1.54) is 5.56 Å². The lowest BCUT2D eigenvalue weighted by molar-refractivity contribution is -0.160. The lowest BCUT2D eigenvalue weighted by Gasteiger charge is -2.41. The summed E-state index contributed by atoms with van der Waals surface area (Å²) in [4.78, 5) is 15.3. The van der Waals surface area contributed by atoms with Crippen molar-refractivity contribution in [3.05, 3.63) is 59.7 Å². The Labute approximate surface area is 173 Å². The number of benzene rings is 2. The van der Waals surface area contributed by atoms with E-state index in [2.05, 4.69) is 17.0 Å². The van der Waals surface area contributed by atoms with Gasteiger partial charge in [-0.2, -0.15) is 0 Å². The third-order valence-electron chi connectivity index (χ3n) is 5.75. The molecule has 0 unspecified atom stereocenters. The van der Waals surface area contributed by atoms with Crippen LogP contribution in [0.5, 0.6) is 11.5 Å². The molecule has 1 N–H and O–H groups in total. The van der Waals surface area contributed by atoms with Gasteiger partial charge in [0.15, 0.2) is 11.5 Å². The van der Waals surface area contributed by atoms with Gasteiger partial charge in [0.25, 0.3) is 0 Å². The average Bonchev–Trinajstić information content (AvgIpc) is 2.74. The maximum absolute atomic E-state index is 13.0. The molecule has 0 spiro atoms. The van der Waals surface area contributed by atoms with Crippen molar-refractivity contribution < 1.29 is 19.4 Å². The number of hydrogen-bond donors (Lipinski definition) is 1. The SMILES string of the molecule is CCOC(=O)[C@]1(CCc2ccccc2)CCCN(Cc2ccc(OC)c(O)c2)C1. The van der Waals surface area contributed by atoms with Crippen molar-refractivity contribution in [3.63, 3.8) is 0 Å². The monoisotopic (exact) mass is 397 g/mol. The Morgan fingerprint density at radius 1 is 1.17 bits per heavy atom. The minimum Gasteiger partial charge on any atom is -0.504 e. The van der Waals surface area contributed by atoms with Gasteiger partial charge in [-0.1, -0.05) is 36.4 Å². The van der Waals surface area contributed by atoms with Crippen molar-refractivity contribution in [3.8, 4) is 11.5 Å². The van der Waals surface area contributed by atoms with Gasteiger partial charge in [-0.3, -0.25) is 9.69 Å². The molecule has 0 amide bonds. The van der Waals surface area contributed by atoms with E-state index >= 15 is 0 Å². The fraction of sp³-hybridized carbons (Fsp3) is 0.458. The van der Waals surface area contributed by atoms with Gasteiger partial charge in [0.2, 0.25) is 0 Å². The molecule has 3 rings (SSSR count). The number of rotatable bonds is 8. The number of phenols is 1. The molecule has 0 saturated carbocycles. The van der Waals surface area contributed by atoms with E-state index < -0.39 is 5.41 Å². The standard InChI is InChI=1S/C24H31NO4/c1-3-29-23(27)24(14-12-19-8-5-4-6-9-19)13-7-15-25(18-24)17-20-10-11-22(28-2)21(26)16-20/h4-6,8-11,16,26H,3,7,12-15,17-18H2,1-2H3/t24-/m0/s1. The Morgan fingerprint density at radius 3 is 2.66 bits per heavy atom. The normalized spacial score (nSPS) is 19.7. The number of phenolic OH excluding ortho intramolecular Hbond substituents is 1. The van der Waals surface area contributed by atoms with E-state index in [0.29, 0.717) is 25.4 Å². The number of nitrogens with zero attached hydrogens (tertiary/aromatic N) is 1. The Balaban J connectivity index is 1.74. The molecule has 0 bridgehead atoms. The molecule has 1 fully saturated rings.